The van der Waals surface area contributed by atoms with E-state index in [4.69, 9.17) is 11.6 Å². The number of carbonyl (C=O) groups excluding carboxylic acids is 1. The number of aromatic amines is 1. The van der Waals surface area contributed by atoms with Gasteiger partial charge in [0.2, 0.25) is 0 Å². The Labute approximate surface area is 149 Å². The third-order valence-corrected chi connectivity index (χ3v) is 4.65. The first kappa shape index (κ1) is 15.7. The molecule has 2 heterocycles. The third kappa shape index (κ3) is 2.87. The highest BCUT2D eigenvalue weighted by Crippen LogP contribution is 2.23. The summed E-state index contributed by atoms with van der Waals surface area (Å²) in [5, 5.41) is 4.43. The number of halogens is 1. The number of nitrogens with zero attached hydrogens (tertiary/aromatic N) is 2. The van der Waals surface area contributed by atoms with Crippen molar-refractivity contribution in [2.75, 3.05) is 6.54 Å². The smallest absolute Gasteiger partial charge is 0.267 e. The van der Waals surface area contributed by atoms with E-state index in [0.717, 1.165) is 27.8 Å². The molecule has 2 aromatic carbocycles. The molecule has 0 atom stereocenters. The zero-order chi connectivity index (χ0) is 17.4. The van der Waals surface area contributed by atoms with E-state index in [9.17, 15) is 4.79 Å². The molecule has 0 spiro atoms. The van der Waals surface area contributed by atoms with Crippen LogP contribution in [0.2, 0.25) is 5.02 Å². The molecule has 2 N–H and O–H groups in total. The number of hydrogen-bond acceptors (Lipinski definition) is 2. The second kappa shape index (κ2) is 6.26. The van der Waals surface area contributed by atoms with Gasteiger partial charge in [-0.3, -0.25) is 4.79 Å². The molecule has 0 aliphatic carbocycles. The van der Waals surface area contributed by atoms with Gasteiger partial charge in [0.15, 0.2) is 0 Å². The summed E-state index contributed by atoms with van der Waals surface area (Å²) in [4.78, 5) is 20.0. The zero-order valence-corrected chi connectivity index (χ0v) is 14.5. The summed E-state index contributed by atoms with van der Waals surface area (Å²) in [6, 6.07) is 15.4. The van der Waals surface area contributed by atoms with Crippen molar-refractivity contribution in [3.05, 3.63) is 65.1 Å². The van der Waals surface area contributed by atoms with Gasteiger partial charge < -0.3 is 14.9 Å². The normalized spacial score (nSPS) is 11.3. The van der Waals surface area contributed by atoms with Crippen LogP contribution < -0.4 is 5.32 Å². The minimum atomic E-state index is -0.144. The monoisotopic (exact) mass is 352 g/mol. The van der Waals surface area contributed by atoms with Crippen LogP contribution in [0.3, 0.4) is 0 Å². The fraction of sp³-hybridized carbons (Fsp3) is 0.158. The van der Waals surface area contributed by atoms with Crippen molar-refractivity contribution >= 4 is 39.4 Å². The number of rotatable bonds is 4. The summed E-state index contributed by atoms with van der Waals surface area (Å²) in [6.07, 6.45) is 0. The van der Waals surface area contributed by atoms with Crippen molar-refractivity contribution in [2.24, 2.45) is 0 Å². The zero-order valence-electron chi connectivity index (χ0n) is 13.7. The van der Waals surface area contributed by atoms with Crippen LogP contribution in [-0.2, 0) is 6.54 Å². The molecule has 0 bridgehead atoms. The first-order valence-electron chi connectivity index (χ1n) is 8.11. The van der Waals surface area contributed by atoms with Crippen molar-refractivity contribution in [2.45, 2.75) is 13.5 Å². The standard InChI is InChI=1S/C19H17ClN4O/c1-12-22-16-6-2-3-8-18(16)24(12)10-9-21-19(25)17-11-13-14(20)5-4-7-15(13)23-17/h2-8,11,23H,9-10H2,1H3,(H,21,25). The van der Waals surface area contributed by atoms with Crippen molar-refractivity contribution in [1.82, 2.24) is 19.9 Å². The molecule has 0 unspecified atom stereocenters. The Balaban J connectivity index is 1.48. The average molecular weight is 353 g/mol. The molecule has 1 amide bonds. The largest absolute Gasteiger partial charge is 0.350 e. The highest BCUT2D eigenvalue weighted by molar-refractivity contribution is 6.35. The SMILES string of the molecule is Cc1nc2ccccc2n1CCNC(=O)c1cc2c(Cl)cccc2[nH]1. The molecular weight excluding hydrogens is 336 g/mol. The second-order valence-corrected chi connectivity index (χ2v) is 6.35. The van der Waals surface area contributed by atoms with Gasteiger partial charge in [0.05, 0.1) is 11.0 Å². The lowest BCUT2D eigenvalue weighted by molar-refractivity contribution is 0.0948. The van der Waals surface area contributed by atoms with E-state index >= 15 is 0 Å². The quantitative estimate of drug-likeness (QED) is 0.585. The van der Waals surface area contributed by atoms with Crippen molar-refractivity contribution in [3.63, 3.8) is 0 Å². The summed E-state index contributed by atoms with van der Waals surface area (Å²) in [6.45, 7) is 3.16. The summed E-state index contributed by atoms with van der Waals surface area (Å²) < 4.78 is 2.11. The van der Waals surface area contributed by atoms with Crippen molar-refractivity contribution in [3.8, 4) is 0 Å². The van der Waals surface area contributed by atoms with Gasteiger partial charge in [-0.05, 0) is 37.3 Å². The number of nitrogens with one attached hydrogen (secondary N) is 2. The fourth-order valence-electron chi connectivity index (χ4n) is 3.10. The third-order valence-electron chi connectivity index (χ3n) is 4.32. The number of aromatic nitrogens is 3. The Morgan fingerprint density at radius 1 is 1.24 bits per heavy atom. The molecular formula is C19H17ClN4O. The molecule has 4 aromatic rings. The van der Waals surface area contributed by atoms with Crippen LogP contribution >= 0.6 is 11.6 Å². The molecule has 0 radical (unpaired) electrons. The lowest BCUT2D eigenvalue weighted by Crippen LogP contribution is -2.27. The van der Waals surface area contributed by atoms with Crippen LogP contribution in [-0.4, -0.2) is 27.0 Å². The number of carbonyl (C=O) groups is 1. The molecule has 5 nitrogen and oxygen atoms in total. The molecule has 0 fully saturated rings. The van der Waals surface area contributed by atoms with E-state index in [2.05, 4.69) is 19.9 Å². The first-order chi connectivity index (χ1) is 12.1. The minimum absolute atomic E-state index is 0.144. The maximum atomic E-state index is 12.4. The molecule has 126 valence electrons. The van der Waals surface area contributed by atoms with E-state index < -0.39 is 0 Å². The van der Waals surface area contributed by atoms with Gasteiger partial charge in [-0.15, -0.1) is 0 Å². The fourth-order valence-corrected chi connectivity index (χ4v) is 3.32. The number of imidazole rings is 1. The number of aryl methyl sites for hydroxylation is 1. The van der Waals surface area contributed by atoms with E-state index in [1.807, 2.05) is 49.4 Å². The Bertz CT molecular complexity index is 1080. The molecule has 0 aliphatic heterocycles. The predicted molar refractivity (Wildman–Crippen MR) is 100 cm³/mol. The predicted octanol–water partition coefficient (Wildman–Crippen LogP) is 3.91. The molecule has 0 aliphatic rings. The average Bonchev–Trinajstić information content (AvgIpc) is 3.17. The highest BCUT2D eigenvalue weighted by atomic mass is 35.5. The summed E-state index contributed by atoms with van der Waals surface area (Å²) >= 11 is 6.16. The van der Waals surface area contributed by atoms with E-state index in [0.29, 0.717) is 23.8 Å². The lowest BCUT2D eigenvalue weighted by atomic mass is 10.2. The van der Waals surface area contributed by atoms with E-state index in [1.54, 1.807) is 6.07 Å². The topological polar surface area (TPSA) is 62.7 Å². The Morgan fingerprint density at radius 2 is 2.08 bits per heavy atom. The van der Waals surface area contributed by atoms with Gasteiger partial charge in [-0.2, -0.15) is 0 Å². The number of amides is 1. The van der Waals surface area contributed by atoms with Gasteiger partial charge in [-0.25, -0.2) is 4.98 Å². The maximum absolute atomic E-state index is 12.4. The van der Waals surface area contributed by atoms with Crippen molar-refractivity contribution in [1.29, 1.82) is 0 Å². The van der Waals surface area contributed by atoms with Gasteiger partial charge >= 0.3 is 0 Å². The van der Waals surface area contributed by atoms with Gasteiger partial charge in [-0.1, -0.05) is 29.8 Å². The molecule has 4 rings (SSSR count). The van der Waals surface area contributed by atoms with Crippen LogP contribution in [0.1, 0.15) is 16.3 Å². The molecule has 0 saturated carbocycles. The number of hydrogen-bond donors (Lipinski definition) is 2. The Hall–Kier alpha value is -2.79. The summed E-state index contributed by atoms with van der Waals surface area (Å²) in [5.41, 5.74) is 3.41. The van der Waals surface area contributed by atoms with Gasteiger partial charge in [0.25, 0.3) is 5.91 Å². The van der Waals surface area contributed by atoms with Crippen LogP contribution in [0, 0.1) is 6.92 Å². The molecule has 25 heavy (non-hydrogen) atoms. The van der Waals surface area contributed by atoms with Gasteiger partial charge in [0, 0.05) is 29.0 Å². The molecule has 2 aromatic heterocycles. The highest BCUT2D eigenvalue weighted by Gasteiger charge is 2.11. The number of para-hydroxylation sites is 2. The minimum Gasteiger partial charge on any atom is -0.350 e. The van der Waals surface area contributed by atoms with Crippen molar-refractivity contribution < 1.29 is 4.79 Å². The lowest BCUT2D eigenvalue weighted by Gasteiger charge is -2.08. The number of H-pyrrole nitrogens is 1. The summed E-state index contributed by atoms with van der Waals surface area (Å²) in [7, 11) is 0. The first-order valence-corrected chi connectivity index (χ1v) is 8.48. The summed E-state index contributed by atoms with van der Waals surface area (Å²) in [5.74, 6) is 0.794. The Kier molecular flexibility index (Phi) is 3.93. The van der Waals surface area contributed by atoms with Crippen LogP contribution in [0.4, 0.5) is 0 Å². The van der Waals surface area contributed by atoms with Crippen LogP contribution in [0.15, 0.2) is 48.5 Å². The maximum Gasteiger partial charge on any atom is 0.267 e. The Morgan fingerprint density at radius 3 is 2.92 bits per heavy atom. The van der Waals surface area contributed by atoms with Crippen LogP contribution in [0.5, 0.6) is 0 Å². The van der Waals surface area contributed by atoms with Gasteiger partial charge in [0.1, 0.15) is 11.5 Å². The van der Waals surface area contributed by atoms with Crippen LogP contribution in [0.25, 0.3) is 21.9 Å². The molecule has 6 heteroatoms. The van der Waals surface area contributed by atoms with E-state index in [1.165, 1.54) is 0 Å². The number of fused-ring (bicyclic) bond motifs is 2. The molecule has 0 saturated heterocycles. The number of benzene rings is 2. The second-order valence-electron chi connectivity index (χ2n) is 5.94. The van der Waals surface area contributed by atoms with E-state index in [-0.39, 0.29) is 5.91 Å².